The van der Waals surface area contributed by atoms with E-state index in [0.717, 1.165) is 5.56 Å². The van der Waals surface area contributed by atoms with Gasteiger partial charge in [-0.15, -0.1) is 0 Å². The zero-order valence-corrected chi connectivity index (χ0v) is 19.6. The molecule has 32 heavy (non-hydrogen) atoms. The Kier molecular flexibility index (Phi) is 8.11. The largest absolute Gasteiger partial charge is 0.460 e. The summed E-state index contributed by atoms with van der Waals surface area (Å²) in [7, 11) is 0. The van der Waals surface area contributed by atoms with E-state index in [-0.39, 0.29) is 37.3 Å². The van der Waals surface area contributed by atoms with Gasteiger partial charge in [0.25, 0.3) is 0 Å². The second kappa shape index (κ2) is 10.6. The standard InChI is InChI=1S/C24H36FN3O4/c1-18-12-27(16-22(29)31-17-19-8-6-5-7-9-19)21(14-26-11-10-20(25)13-26)15-28(18)23(30)32-24(2,3)4/h5-9,18,20-21H,10-17H2,1-4H3/t18-,20-,21+/m1/s1. The highest BCUT2D eigenvalue weighted by Crippen LogP contribution is 2.22. The fourth-order valence-electron chi connectivity index (χ4n) is 4.25. The maximum absolute atomic E-state index is 13.7. The minimum atomic E-state index is -0.816. The van der Waals surface area contributed by atoms with Gasteiger partial charge in [0.05, 0.1) is 6.54 Å². The molecule has 8 heteroatoms. The third kappa shape index (κ3) is 7.17. The molecule has 0 saturated carbocycles. The van der Waals surface area contributed by atoms with Crippen molar-refractivity contribution in [3.8, 4) is 0 Å². The molecule has 1 aromatic rings. The fourth-order valence-corrected chi connectivity index (χ4v) is 4.25. The van der Waals surface area contributed by atoms with Crippen LogP contribution in [0.25, 0.3) is 0 Å². The summed E-state index contributed by atoms with van der Waals surface area (Å²) in [5.74, 6) is -0.304. The van der Waals surface area contributed by atoms with Gasteiger partial charge in [0.2, 0.25) is 0 Å². The molecule has 0 aliphatic carbocycles. The lowest BCUT2D eigenvalue weighted by atomic mass is 10.1. The maximum atomic E-state index is 13.7. The molecular weight excluding hydrogens is 413 g/mol. The van der Waals surface area contributed by atoms with Crippen molar-refractivity contribution in [1.82, 2.24) is 14.7 Å². The van der Waals surface area contributed by atoms with Gasteiger partial charge in [-0.05, 0) is 39.7 Å². The van der Waals surface area contributed by atoms with Crippen LogP contribution in [0.3, 0.4) is 0 Å². The molecule has 178 valence electrons. The van der Waals surface area contributed by atoms with E-state index in [1.165, 1.54) is 0 Å². The number of nitrogens with zero attached hydrogens (tertiary/aromatic N) is 3. The number of amides is 1. The number of ether oxygens (including phenoxy) is 2. The lowest BCUT2D eigenvalue weighted by Crippen LogP contribution is -2.62. The molecule has 1 amide bonds. The summed E-state index contributed by atoms with van der Waals surface area (Å²) in [4.78, 5) is 31.2. The molecule has 2 saturated heterocycles. The minimum absolute atomic E-state index is 0.103. The lowest BCUT2D eigenvalue weighted by Gasteiger charge is -2.45. The number of carbonyl (C=O) groups excluding carboxylic acids is 2. The molecule has 0 unspecified atom stereocenters. The number of benzene rings is 1. The smallest absolute Gasteiger partial charge is 0.410 e. The Labute approximate surface area is 190 Å². The van der Waals surface area contributed by atoms with Gasteiger partial charge in [-0.25, -0.2) is 9.18 Å². The summed E-state index contributed by atoms with van der Waals surface area (Å²) in [6.07, 6.45) is -0.646. The topological polar surface area (TPSA) is 62.3 Å². The molecule has 2 aliphatic rings. The highest BCUT2D eigenvalue weighted by Gasteiger charge is 2.38. The van der Waals surface area contributed by atoms with Crippen molar-refractivity contribution in [3.05, 3.63) is 35.9 Å². The van der Waals surface area contributed by atoms with Crippen LogP contribution in [-0.4, -0.2) is 89.9 Å². The molecule has 3 atom stereocenters. The molecule has 2 heterocycles. The monoisotopic (exact) mass is 449 g/mol. The van der Waals surface area contributed by atoms with Crippen LogP contribution in [0.15, 0.2) is 30.3 Å². The molecular formula is C24H36FN3O4. The molecule has 0 N–H and O–H groups in total. The Morgan fingerprint density at radius 1 is 1.12 bits per heavy atom. The van der Waals surface area contributed by atoms with Crippen LogP contribution in [0.4, 0.5) is 9.18 Å². The number of carbonyl (C=O) groups is 2. The quantitative estimate of drug-likeness (QED) is 0.622. The second-order valence-electron chi connectivity index (χ2n) is 9.86. The molecule has 2 aliphatic heterocycles. The number of likely N-dealkylation sites (tertiary alicyclic amines) is 1. The van der Waals surface area contributed by atoms with Gasteiger partial charge in [0.1, 0.15) is 18.4 Å². The van der Waals surface area contributed by atoms with Crippen LogP contribution in [0.5, 0.6) is 0 Å². The minimum Gasteiger partial charge on any atom is -0.460 e. The molecule has 2 fully saturated rings. The van der Waals surface area contributed by atoms with Gasteiger partial charge in [-0.1, -0.05) is 30.3 Å². The average Bonchev–Trinajstić information content (AvgIpc) is 3.12. The van der Waals surface area contributed by atoms with E-state index >= 15 is 0 Å². The number of rotatable bonds is 6. The average molecular weight is 450 g/mol. The molecule has 0 spiro atoms. The first-order chi connectivity index (χ1) is 15.1. The molecule has 0 radical (unpaired) electrons. The third-order valence-corrected chi connectivity index (χ3v) is 5.84. The third-order valence-electron chi connectivity index (χ3n) is 5.84. The summed E-state index contributed by atoms with van der Waals surface area (Å²) >= 11 is 0. The normalized spacial score (nSPS) is 25.0. The van der Waals surface area contributed by atoms with Crippen molar-refractivity contribution < 1.29 is 23.5 Å². The SMILES string of the molecule is C[C@@H]1CN(CC(=O)OCc2ccccc2)[C@@H](CN2CC[C@@H](F)C2)CN1C(=O)OC(C)(C)C. The van der Waals surface area contributed by atoms with E-state index in [9.17, 15) is 14.0 Å². The van der Waals surface area contributed by atoms with Crippen molar-refractivity contribution in [2.45, 2.75) is 64.6 Å². The molecule has 1 aromatic carbocycles. The molecule has 3 rings (SSSR count). The summed E-state index contributed by atoms with van der Waals surface area (Å²) in [6.45, 7) is 10.5. The first kappa shape index (κ1) is 24.5. The predicted octanol–water partition coefficient (Wildman–Crippen LogP) is 3.08. The molecule has 0 bridgehead atoms. The van der Waals surface area contributed by atoms with Crippen molar-refractivity contribution in [1.29, 1.82) is 0 Å². The summed E-state index contributed by atoms with van der Waals surface area (Å²) in [6, 6.07) is 9.35. The van der Waals surface area contributed by atoms with Crippen LogP contribution in [-0.2, 0) is 20.9 Å². The van der Waals surface area contributed by atoms with Crippen molar-refractivity contribution in [2.24, 2.45) is 0 Å². The highest BCUT2D eigenvalue weighted by molar-refractivity contribution is 5.72. The summed E-state index contributed by atoms with van der Waals surface area (Å²) < 4.78 is 24.8. The van der Waals surface area contributed by atoms with E-state index in [4.69, 9.17) is 9.47 Å². The number of piperazine rings is 1. The molecule has 0 aromatic heterocycles. The maximum Gasteiger partial charge on any atom is 0.410 e. The van der Waals surface area contributed by atoms with Gasteiger partial charge in [-0.2, -0.15) is 0 Å². The van der Waals surface area contributed by atoms with E-state index < -0.39 is 11.8 Å². The van der Waals surface area contributed by atoms with E-state index in [0.29, 0.717) is 39.1 Å². The van der Waals surface area contributed by atoms with E-state index in [1.807, 2.05) is 58.0 Å². The van der Waals surface area contributed by atoms with Crippen molar-refractivity contribution in [3.63, 3.8) is 0 Å². The van der Waals surface area contributed by atoms with Crippen LogP contribution >= 0.6 is 0 Å². The van der Waals surface area contributed by atoms with E-state index in [2.05, 4.69) is 9.80 Å². The number of hydrogen-bond donors (Lipinski definition) is 0. The number of esters is 1. The van der Waals surface area contributed by atoms with Crippen LogP contribution in [0.2, 0.25) is 0 Å². The summed E-state index contributed by atoms with van der Waals surface area (Å²) in [5.41, 5.74) is 0.354. The Balaban J connectivity index is 1.64. The first-order valence-electron chi connectivity index (χ1n) is 11.4. The van der Waals surface area contributed by atoms with E-state index in [1.54, 1.807) is 4.90 Å². The predicted molar refractivity (Wildman–Crippen MR) is 120 cm³/mol. The van der Waals surface area contributed by atoms with Crippen LogP contribution in [0.1, 0.15) is 39.7 Å². The number of hydrogen-bond acceptors (Lipinski definition) is 6. The highest BCUT2D eigenvalue weighted by atomic mass is 19.1. The Bertz CT molecular complexity index is 770. The zero-order valence-electron chi connectivity index (χ0n) is 19.6. The van der Waals surface area contributed by atoms with Crippen LogP contribution < -0.4 is 0 Å². The Hall–Kier alpha value is -2.19. The van der Waals surface area contributed by atoms with Gasteiger partial charge < -0.3 is 14.4 Å². The van der Waals surface area contributed by atoms with Crippen molar-refractivity contribution >= 4 is 12.1 Å². The second-order valence-corrected chi connectivity index (χ2v) is 9.86. The fraction of sp³-hybridized carbons (Fsp3) is 0.667. The zero-order chi connectivity index (χ0) is 23.3. The van der Waals surface area contributed by atoms with Crippen LogP contribution in [0, 0.1) is 0 Å². The Morgan fingerprint density at radius 3 is 2.47 bits per heavy atom. The lowest BCUT2D eigenvalue weighted by molar-refractivity contribution is -0.148. The molecule has 7 nitrogen and oxygen atoms in total. The van der Waals surface area contributed by atoms with Crippen molar-refractivity contribution in [2.75, 3.05) is 39.3 Å². The van der Waals surface area contributed by atoms with Gasteiger partial charge >= 0.3 is 12.1 Å². The summed E-state index contributed by atoms with van der Waals surface area (Å²) in [5, 5.41) is 0. The van der Waals surface area contributed by atoms with Gasteiger partial charge in [0.15, 0.2) is 0 Å². The Morgan fingerprint density at radius 2 is 1.84 bits per heavy atom. The number of alkyl halides is 1. The number of halogens is 1. The first-order valence-corrected chi connectivity index (χ1v) is 11.4. The van der Waals surface area contributed by atoms with Gasteiger partial charge in [-0.3, -0.25) is 14.6 Å². The van der Waals surface area contributed by atoms with Gasteiger partial charge in [0, 0.05) is 44.8 Å².